The summed E-state index contributed by atoms with van der Waals surface area (Å²) >= 11 is 0. The molecular formula is C30H32FN3O4. The van der Waals surface area contributed by atoms with Crippen LogP contribution < -0.4 is 21.1 Å². The summed E-state index contributed by atoms with van der Waals surface area (Å²) in [5, 5.41) is 6.20. The minimum atomic E-state index is -0.381. The van der Waals surface area contributed by atoms with Gasteiger partial charge in [0.15, 0.2) is 0 Å². The number of halogens is 1. The molecule has 0 bridgehead atoms. The van der Waals surface area contributed by atoms with E-state index in [0.717, 1.165) is 5.56 Å². The number of hydrogen-bond acceptors (Lipinski definition) is 5. The van der Waals surface area contributed by atoms with Gasteiger partial charge in [0.2, 0.25) is 0 Å². The molecule has 1 heterocycles. The minimum absolute atomic E-state index is 0.178. The number of carbonyl (C=O) groups is 2. The Bertz CT molecular complexity index is 1440. The van der Waals surface area contributed by atoms with Crippen LogP contribution in [0.3, 0.4) is 0 Å². The summed E-state index contributed by atoms with van der Waals surface area (Å²) in [5.74, 6) is 0.371. The second-order valence-corrected chi connectivity index (χ2v) is 9.41. The third kappa shape index (κ3) is 5.86. The van der Waals surface area contributed by atoms with Gasteiger partial charge in [0, 0.05) is 35.7 Å². The van der Waals surface area contributed by atoms with E-state index in [2.05, 4.69) is 10.6 Å². The van der Waals surface area contributed by atoms with Gasteiger partial charge in [-0.15, -0.1) is 0 Å². The zero-order valence-corrected chi connectivity index (χ0v) is 21.8. The van der Waals surface area contributed by atoms with Crippen molar-refractivity contribution >= 4 is 22.8 Å². The monoisotopic (exact) mass is 517 g/mol. The lowest BCUT2D eigenvalue weighted by Crippen LogP contribution is -2.27. The Labute approximate surface area is 221 Å². The molecule has 0 saturated carbocycles. The number of carbonyl (C=O) groups excluding carboxylic acids is 2. The molecule has 0 radical (unpaired) electrons. The van der Waals surface area contributed by atoms with Gasteiger partial charge in [0.1, 0.15) is 22.9 Å². The van der Waals surface area contributed by atoms with Gasteiger partial charge in [-0.25, -0.2) is 4.39 Å². The van der Waals surface area contributed by atoms with E-state index < -0.39 is 0 Å². The highest BCUT2D eigenvalue weighted by Crippen LogP contribution is 2.38. The maximum atomic E-state index is 13.5. The number of amides is 2. The van der Waals surface area contributed by atoms with E-state index in [1.54, 1.807) is 43.4 Å². The fourth-order valence-electron chi connectivity index (χ4n) is 4.11. The first kappa shape index (κ1) is 26.9. The molecule has 3 aromatic carbocycles. The van der Waals surface area contributed by atoms with Crippen molar-refractivity contribution in [1.82, 2.24) is 10.6 Å². The summed E-state index contributed by atoms with van der Waals surface area (Å²) in [6.07, 6.45) is 0.679. The highest BCUT2D eigenvalue weighted by molar-refractivity contribution is 6.12. The molecule has 0 aliphatic heterocycles. The van der Waals surface area contributed by atoms with E-state index in [4.69, 9.17) is 14.9 Å². The van der Waals surface area contributed by atoms with Crippen molar-refractivity contribution in [2.45, 2.75) is 20.3 Å². The van der Waals surface area contributed by atoms with Crippen LogP contribution in [0.5, 0.6) is 5.75 Å². The topological polar surface area (TPSA) is 107 Å². The van der Waals surface area contributed by atoms with Crippen molar-refractivity contribution in [3.63, 3.8) is 0 Å². The van der Waals surface area contributed by atoms with Crippen molar-refractivity contribution in [1.29, 1.82) is 0 Å². The van der Waals surface area contributed by atoms with Gasteiger partial charge in [-0.2, -0.15) is 0 Å². The highest BCUT2D eigenvalue weighted by atomic mass is 19.1. The SMILES string of the molecule is CNC(=O)c1c(-c2ccc(F)cc2)oc2ccc(-c3cc(C(=O)NCC(C)C)ccc3OCCCN)cc12. The van der Waals surface area contributed by atoms with E-state index in [1.165, 1.54) is 12.1 Å². The number of benzene rings is 3. The van der Waals surface area contributed by atoms with Crippen molar-refractivity contribution in [2.75, 3.05) is 26.7 Å². The van der Waals surface area contributed by atoms with Crippen molar-refractivity contribution < 1.29 is 23.1 Å². The lowest BCUT2D eigenvalue weighted by atomic mass is 9.98. The van der Waals surface area contributed by atoms with Crippen molar-refractivity contribution in [2.24, 2.45) is 11.7 Å². The number of rotatable bonds is 10. The average molecular weight is 518 g/mol. The molecule has 0 unspecified atom stereocenters. The normalized spacial score (nSPS) is 11.1. The molecule has 0 fully saturated rings. The van der Waals surface area contributed by atoms with Crippen LogP contribution in [0.25, 0.3) is 33.4 Å². The van der Waals surface area contributed by atoms with E-state index in [-0.39, 0.29) is 17.6 Å². The maximum Gasteiger partial charge on any atom is 0.255 e. The summed E-state index contributed by atoms with van der Waals surface area (Å²) in [4.78, 5) is 25.8. The molecule has 0 spiro atoms. The van der Waals surface area contributed by atoms with E-state index in [9.17, 15) is 14.0 Å². The number of furan rings is 1. The fraction of sp³-hybridized carbons (Fsp3) is 0.267. The first-order valence-corrected chi connectivity index (χ1v) is 12.6. The molecule has 1 aromatic heterocycles. The summed E-state index contributed by atoms with van der Waals surface area (Å²) in [5.41, 5.74) is 9.01. The largest absolute Gasteiger partial charge is 0.493 e. The number of ether oxygens (including phenoxy) is 1. The van der Waals surface area contributed by atoms with E-state index >= 15 is 0 Å². The van der Waals surface area contributed by atoms with Crippen molar-refractivity contribution in [3.8, 4) is 28.2 Å². The van der Waals surface area contributed by atoms with Crippen LogP contribution in [0, 0.1) is 11.7 Å². The van der Waals surface area contributed by atoms with Crippen LogP contribution in [-0.4, -0.2) is 38.6 Å². The van der Waals surface area contributed by atoms with E-state index in [0.29, 0.717) is 76.8 Å². The first-order chi connectivity index (χ1) is 18.3. The smallest absolute Gasteiger partial charge is 0.255 e. The molecule has 7 nitrogen and oxygen atoms in total. The van der Waals surface area contributed by atoms with Gasteiger partial charge in [0.25, 0.3) is 11.8 Å². The lowest BCUT2D eigenvalue weighted by molar-refractivity contribution is 0.0945. The van der Waals surface area contributed by atoms with Gasteiger partial charge >= 0.3 is 0 Å². The molecule has 8 heteroatoms. The molecule has 4 rings (SSSR count). The summed E-state index contributed by atoms with van der Waals surface area (Å²) in [6.45, 7) is 5.54. The van der Waals surface area contributed by atoms with Gasteiger partial charge in [-0.05, 0) is 79.0 Å². The van der Waals surface area contributed by atoms with Gasteiger partial charge in [0.05, 0.1) is 12.2 Å². The van der Waals surface area contributed by atoms with Gasteiger partial charge in [-0.1, -0.05) is 19.9 Å². The molecule has 0 aliphatic carbocycles. The second kappa shape index (κ2) is 11.9. The Morgan fingerprint density at radius 3 is 2.42 bits per heavy atom. The second-order valence-electron chi connectivity index (χ2n) is 9.41. The predicted octanol–water partition coefficient (Wildman–Crippen LogP) is 5.38. The Hall–Kier alpha value is -4.17. The Morgan fingerprint density at radius 1 is 1.00 bits per heavy atom. The molecule has 2 amide bonds. The van der Waals surface area contributed by atoms with Crippen LogP contribution in [-0.2, 0) is 0 Å². The van der Waals surface area contributed by atoms with Gasteiger partial charge in [-0.3, -0.25) is 9.59 Å². The molecule has 0 saturated heterocycles. The number of hydrogen-bond donors (Lipinski definition) is 3. The summed E-state index contributed by atoms with van der Waals surface area (Å²) in [6, 6.07) is 16.6. The van der Waals surface area contributed by atoms with E-state index in [1.807, 2.05) is 26.0 Å². The molecule has 4 aromatic rings. The molecule has 4 N–H and O–H groups in total. The number of fused-ring (bicyclic) bond motifs is 1. The van der Waals surface area contributed by atoms with Crippen LogP contribution in [0.4, 0.5) is 4.39 Å². The zero-order valence-electron chi connectivity index (χ0n) is 21.8. The predicted molar refractivity (Wildman–Crippen MR) is 147 cm³/mol. The fourth-order valence-corrected chi connectivity index (χ4v) is 4.11. The quantitative estimate of drug-likeness (QED) is 0.245. The van der Waals surface area contributed by atoms with Crippen molar-refractivity contribution in [3.05, 3.63) is 77.6 Å². The number of nitrogens with two attached hydrogens (primary N) is 1. The van der Waals surface area contributed by atoms with Crippen LogP contribution in [0.2, 0.25) is 0 Å². The first-order valence-electron chi connectivity index (χ1n) is 12.6. The molecule has 38 heavy (non-hydrogen) atoms. The third-order valence-electron chi connectivity index (χ3n) is 6.08. The maximum absolute atomic E-state index is 13.5. The molecule has 0 atom stereocenters. The lowest BCUT2D eigenvalue weighted by Gasteiger charge is -2.14. The average Bonchev–Trinajstić information content (AvgIpc) is 3.30. The zero-order chi connectivity index (χ0) is 27.2. The standard InChI is InChI=1S/C30H32FN3O4/c1-18(2)17-34-29(35)21-8-11-25(37-14-4-13-32)23(16-21)20-7-12-26-24(15-20)27(30(36)33-3)28(38-26)19-5-9-22(31)10-6-19/h5-12,15-16,18H,4,13-14,17,32H2,1-3H3,(H,33,36)(H,34,35). The Morgan fingerprint density at radius 2 is 1.74 bits per heavy atom. The molecular weight excluding hydrogens is 485 g/mol. The number of nitrogens with one attached hydrogen (secondary N) is 2. The summed E-state index contributed by atoms with van der Waals surface area (Å²) < 4.78 is 25.6. The molecule has 198 valence electrons. The third-order valence-corrected chi connectivity index (χ3v) is 6.08. The molecule has 0 aliphatic rings. The van der Waals surface area contributed by atoms with Crippen LogP contribution in [0.15, 0.2) is 65.1 Å². The van der Waals surface area contributed by atoms with Gasteiger partial charge < -0.3 is 25.5 Å². The Kier molecular flexibility index (Phi) is 8.43. The minimum Gasteiger partial charge on any atom is -0.493 e. The highest BCUT2D eigenvalue weighted by Gasteiger charge is 2.23. The van der Waals surface area contributed by atoms with Crippen LogP contribution >= 0.6 is 0 Å². The summed E-state index contributed by atoms with van der Waals surface area (Å²) in [7, 11) is 1.54. The van der Waals surface area contributed by atoms with Crippen LogP contribution in [0.1, 0.15) is 41.0 Å². The Balaban J connectivity index is 1.84.